The maximum Gasteiger partial charge on any atom is 0.191 e. The van der Waals surface area contributed by atoms with Gasteiger partial charge in [0.1, 0.15) is 6.10 Å². The molecule has 5 aliphatic rings. The Morgan fingerprint density at radius 3 is 2.84 bits per heavy atom. The number of nitrogens with two attached hydrogens (primary N) is 1. The van der Waals surface area contributed by atoms with Crippen LogP contribution in [0, 0.1) is 11.8 Å². The monoisotopic (exact) mass is 271 g/mol. The molecule has 4 heterocycles. The van der Waals surface area contributed by atoms with Crippen LogP contribution >= 0.6 is 0 Å². The minimum atomic E-state index is -1.05. The van der Waals surface area contributed by atoms with Crippen LogP contribution in [0.1, 0.15) is 6.42 Å². The Morgan fingerprint density at radius 2 is 2.11 bits per heavy atom. The van der Waals surface area contributed by atoms with Crippen LogP contribution in [0.15, 0.2) is 4.99 Å². The van der Waals surface area contributed by atoms with Crippen molar-refractivity contribution in [2.45, 2.75) is 42.8 Å². The molecule has 0 unspecified atom stereocenters. The molecule has 8 heteroatoms. The predicted molar refractivity (Wildman–Crippen MR) is 61.7 cm³/mol. The molecular formula is C11H17N3O5. The van der Waals surface area contributed by atoms with Gasteiger partial charge in [-0.15, -0.1) is 0 Å². The third kappa shape index (κ3) is 1.28. The smallest absolute Gasteiger partial charge is 0.191 e. The summed E-state index contributed by atoms with van der Waals surface area (Å²) in [4.78, 5) is 3.91. The summed E-state index contributed by atoms with van der Waals surface area (Å²) in [7, 11) is 0. The van der Waals surface area contributed by atoms with Crippen LogP contribution in [0.5, 0.6) is 0 Å². The lowest BCUT2D eigenvalue weighted by atomic mass is 9.58. The van der Waals surface area contributed by atoms with Crippen molar-refractivity contribution in [1.29, 1.82) is 0 Å². The van der Waals surface area contributed by atoms with E-state index in [9.17, 15) is 15.3 Å². The summed E-state index contributed by atoms with van der Waals surface area (Å²) in [6.07, 6.45) is -2.86. The van der Waals surface area contributed by atoms with Gasteiger partial charge in [-0.1, -0.05) is 0 Å². The van der Waals surface area contributed by atoms with Crippen LogP contribution < -0.4 is 11.1 Å². The number of nitrogens with zero attached hydrogens (tertiary/aromatic N) is 1. The van der Waals surface area contributed by atoms with Gasteiger partial charge in [0.2, 0.25) is 0 Å². The van der Waals surface area contributed by atoms with E-state index >= 15 is 0 Å². The summed E-state index contributed by atoms with van der Waals surface area (Å²) < 4.78 is 11.4. The normalized spacial score (nSPS) is 58.5. The molecule has 106 valence electrons. The van der Waals surface area contributed by atoms with E-state index in [0.717, 1.165) is 0 Å². The lowest BCUT2D eigenvalue weighted by Gasteiger charge is -2.66. The molecule has 0 aromatic heterocycles. The van der Waals surface area contributed by atoms with E-state index in [-0.39, 0.29) is 18.5 Å². The third-order valence-corrected chi connectivity index (χ3v) is 4.92. The first-order chi connectivity index (χ1) is 9.06. The first-order valence-corrected chi connectivity index (χ1v) is 6.46. The largest absolute Gasteiger partial charge is 0.396 e. The molecule has 8 nitrogen and oxygen atoms in total. The second-order valence-corrected chi connectivity index (χ2v) is 5.75. The van der Waals surface area contributed by atoms with Gasteiger partial charge in [0.05, 0.1) is 30.3 Å². The summed E-state index contributed by atoms with van der Waals surface area (Å²) in [5.74, 6) is -0.690. The molecule has 8 atom stereocenters. The summed E-state index contributed by atoms with van der Waals surface area (Å²) >= 11 is 0. The van der Waals surface area contributed by atoms with Gasteiger partial charge in [-0.05, 0) is 0 Å². The molecule has 4 aliphatic heterocycles. The fourth-order valence-electron chi connectivity index (χ4n) is 4.19. The van der Waals surface area contributed by atoms with Crippen LogP contribution in [0.4, 0.5) is 0 Å². The fraction of sp³-hybridized carbons (Fsp3) is 0.909. The molecule has 0 aromatic rings. The van der Waals surface area contributed by atoms with Crippen molar-refractivity contribution < 1.29 is 24.8 Å². The predicted octanol–water partition coefficient (Wildman–Crippen LogP) is -2.93. The van der Waals surface area contributed by atoms with Crippen LogP contribution in [0.25, 0.3) is 0 Å². The molecule has 6 N–H and O–H groups in total. The molecular weight excluding hydrogens is 254 g/mol. The first kappa shape index (κ1) is 11.9. The second kappa shape index (κ2) is 3.58. The Morgan fingerprint density at radius 1 is 1.37 bits per heavy atom. The number of ether oxygens (including phenoxy) is 2. The van der Waals surface area contributed by atoms with E-state index < -0.39 is 42.3 Å². The average molecular weight is 271 g/mol. The standard InChI is InChI=1S/C11H17N3O5/c12-10-13-9(17)5-6-3(2-15)7-8(16)11(5,14-10)1-4(18-6)19-7/h3-9,15-17H,1-2H2,(H3,12,13,14)/t3-,4-,5-,6+,7-,8-,9-,11-/m1/s1. The SMILES string of the molecule is NC1=N[C@H](O)[C@H]2[C@H]3O[C@H]4C[C@]2(N1)[C@H](O)[C@H](O4)[C@@H]3CO. The Balaban J connectivity index is 1.83. The zero-order valence-electron chi connectivity index (χ0n) is 10.1. The van der Waals surface area contributed by atoms with Crippen molar-refractivity contribution in [3.05, 3.63) is 0 Å². The van der Waals surface area contributed by atoms with E-state index in [2.05, 4.69) is 10.3 Å². The van der Waals surface area contributed by atoms with E-state index in [0.29, 0.717) is 6.42 Å². The van der Waals surface area contributed by atoms with Crippen LogP contribution in [0.3, 0.4) is 0 Å². The van der Waals surface area contributed by atoms with Crippen molar-refractivity contribution in [2.24, 2.45) is 22.6 Å². The molecule has 4 fully saturated rings. The molecule has 1 spiro atoms. The van der Waals surface area contributed by atoms with Gasteiger partial charge in [0.15, 0.2) is 18.5 Å². The van der Waals surface area contributed by atoms with E-state index in [1.165, 1.54) is 0 Å². The highest BCUT2D eigenvalue weighted by atomic mass is 16.7. The quantitative estimate of drug-likeness (QED) is 0.345. The molecule has 1 saturated carbocycles. The van der Waals surface area contributed by atoms with Crippen molar-refractivity contribution in [2.75, 3.05) is 6.61 Å². The molecule has 3 saturated heterocycles. The zero-order chi connectivity index (χ0) is 13.4. The third-order valence-electron chi connectivity index (χ3n) is 4.92. The number of aliphatic imine (C=N–C) groups is 1. The molecule has 0 aromatic carbocycles. The van der Waals surface area contributed by atoms with Crippen LogP contribution in [-0.2, 0) is 9.47 Å². The van der Waals surface area contributed by atoms with Gasteiger partial charge in [0.25, 0.3) is 0 Å². The summed E-state index contributed by atoms with van der Waals surface area (Å²) in [5, 5.41) is 33.3. The van der Waals surface area contributed by atoms with Crippen molar-refractivity contribution >= 4 is 5.96 Å². The average Bonchev–Trinajstić information content (AvgIpc) is 2.34. The Hall–Kier alpha value is -0.930. The number of nitrogens with one attached hydrogen (secondary N) is 1. The summed E-state index contributed by atoms with van der Waals surface area (Å²) in [5.41, 5.74) is 4.90. The van der Waals surface area contributed by atoms with Gasteiger partial charge in [0, 0.05) is 12.3 Å². The minimum Gasteiger partial charge on any atom is -0.396 e. The topological polar surface area (TPSA) is 130 Å². The lowest BCUT2D eigenvalue weighted by molar-refractivity contribution is -0.388. The van der Waals surface area contributed by atoms with Gasteiger partial charge in [-0.3, -0.25) is 0 Å². The molecule has 19 heavy (non-hydrogen) atoms. The van der Waals surface area contributed by atoms with E-state index in [1.54, 1.807) is 0 Å². The molecule has 5 rings (SSSR count). The van der Waals surface area contributed by atoms with Crippen molar-refractivity contribution in [1.82, 2.24) is 5.32 Å². The Labute approximate surface area is 109 Å². The fourth-order valence-corrected chi connectivity index (χ4v) is 4.19. The van der Waals surface area contributed by atoms with Gasteiger partial charge in [-0.2, -0.15) is 0 Å². The number of hydrogen-bond acceptors (Lipinski definition) is 8. The molecule has 0 radical (unpaired) electrons. The second-order valence-electron chi connectivity index (χ2n) is 5.75. The lowest BCUT2D eigenvalue weighted by Crippen LogP contribution is -2.84. The van der Waals surface area contributed by atoms with E-state index in [4.69, 9.17) is 15.2 Å². The highest BCUT2D eigenvalue weighted by Gasteiger charge is 2.70. The van der Waals surface area contributed by atoms with Gasteiger partial charge in [-0.25, -0.2) is 4.99 Å². The number of hydrogen-bond donors (Lipinski definition) is 5. The zero-order valence-corrected chi connectivity index (χ0v) is 10.1. The molecule has 0 amide bonds. The maximum atomic E-state index is 10.6. The molecule has 4 bridgehead atoms. The number of aliphatic hydroxyl groups excluding tert-OH is 3. The number of rotatable bonds is 1. The summed E-state index contributed by atoms with van der Waals surface area (Å²) in [6, 6.07) is 0. The van der Waals surface area contributed by atoms with Crippen molar-refractivity contribution in [3.8, 4) is 0 Å². The Kier molecular flexibility index (Phi) is 2.24. The summed E-state index contributed by atoms with van der Waals surface area (Å²) in [6.45, 7) is -0.169. The number of guanidine groups is 1. The first-order valence-electron chi connectivity index (χ1n) is 6.46. The van der Waals surface area contributed by atoms with Crippen molar-refractivity contribution in [3.63, 3.8) is 0 Å². The molecule has 1 aliphatic carbocycles. The Bertz CT molecular complexity index is 446. The maximum absolute atomic E-state index is 10.6. The number of aliphatic hydroxyl groups is 3. The van der Waals surface area contributed by atoms with Crippen LogP contribution in [-0.4, -0.2) is 64.3 Å². The minimum absolute atomic E-state index is 0.116. The highest BCUT2D eigenvalue weighted by Crippen LogP contribution is 2.54. The van der Waals surface area contributed by atoms with Gasteiger partial charge >= 0.3 is 0 Å². The van der Waals surface area contributed by atoms with E-state index in [1.807, 2.05) is 0 Å². The van der Waals surface area contributed by atoms with Gasteiger partial charge < -0.3 is 35.8 Å². The highest BCUT2D eigenvalue weighted by molar-refractivity contribution is 5.80. The van der Waals surface area contributed by atoms with Crippen LogP contribution in [0.2, 0.25) is 0 Å².